The third kappa shape index (κ3) is 2.40. The molecule has 0 bridgehead atoms. The van der Waals surface area contributed by atoms with Crippen LogP contribution in [-0.4, -0.2) is 13.6 Å². The minimum Gasteiger partial charge on any atom is -0.363 e. The van der Waals surface area contributed by atoms with Gasteiger partial charge in [0.2, 0.25) is 0 Å². The van der Waals surface area contributed by atoms with Crippen molar-refractivity contribution in [2.45, 2.75) is 13.0 Å². The monoisotopic (exact) mass is 264 g/mol. The van der Waals surface area contributed by atoms with Crippen molar-refractivity contribution in [3.63, 3.8) is 0 Å². The summed E-state index contributed by atoms with van der Waals surface area (Å²) in [6, 6.07) is 8.87. The summed E-state index contributed by atoms with van der Waals surface area (Å²) in [5.41, 5.74) is 7.65. The summed E-state index contributed by atoms with van der Waals surface area (Å²) in [6.07, 6.45) is 0. The van der Waals surface area contributed by atoms with Crippen LogP contribution in [0.25, 0.3) is 0 Å². The van der Waals surface area contributed by atoms with Gasteiger partial charge in [-0.3, -0.25) is 0 Å². The van der Waals surface area contributed by atoms with Crippen LogP contribution < -0.4 is 10.6 Å². The second-order valence-corrected chi connectivity index (χ2v) is 5.23. The zero-order valence-corrected chi connectivity index (χ0v) is 11.4. The molecular formula is C14H17FN2S. The molecule has 0 amide bonds. The lowest BCUT2D eigenvalue weighted by molar-refractivity contribution is 0.605. The van der Waals surface area contributed by atoms with E-state index in [0.717, 1.165) is 0 Å². The van der Waals surface area contributed by atoms with Gasteiger partial charge in [-0.15, -0.1) is 11.3 Å². The number of aryl methyl sites for hydroxylation is 1. The lowest BCUT2D eigenvalue weighted by atomic mass is 10.1. The van der Waals surface area contributed by atoms with Gasteiger partial charge < -0.3 is 10.6 Å². The van der Waals surface area contributed by atoms with Crippen LogP contribution in [0.15, 0.2) is 35.7 Å². The predicted molar refractivity (Wildman–Crippen MR) is 75.7 cm³/mol. The van der Waals surface area contributed by atoms with Crippen LogP contribution in [0.1, 0.15) is 16.5 Å². The highest BCUT2D eigenvalue weighted by Gasteiger charge is 2.20. The maximum Gasteiger partial charge on any atom is 0.146 e. The summed E-state index contributed by atoms with van der Waals surface area (Å²) in [5.74, 6) is -0.215. The van der Waals surface area contributed by atoms with E-state index in [-0.39, 0.29) is 11.9 Å². The number of halogens is 1. The topological polar surface area (TPSA) is 29.3 Å². The van der Waals surface area contributed by atoms with E-state index in [0.29, 0.717) is 12.2 Å². The maximum absolute atomic E-state index is 13.8. The molecule has 2 rings (SSSR count). The van der Waals surface area contributed by atoms with E-state index in [1.807, 2.05) is 23.4 Å². The first-order valence-corrected chi connectivity index (χ1v) is 6.74. The zero-order chi connectivity index (χ0) is 13.1. The van der Waals surface area contributed by atoms with E-state index in [2.05, 4.69) is 13.0 Å². The summed E-state index contributed by atoms with van der Waals surface area (Å²) in [6.45, 7) is 2.52. The second kappa shape index (κ2) is 5.50. The second-order valence-electron chi connectivity index (χ2n) is 4.28. The number of nitrogens with zero attached hydrogens (tertiary/aromatic N) is 1. The van der Waals surface area contributed by atoms with Crippen LogP contribution in [-0.2, 0) is 0 Å². The molecule has 1 atom stereocenters. The summed E-state index contributed by atoms with van der Waals surface area (Å²) >= 11 is 1.67. The molecule has 0 saturated heterocycles. The predicted octanol–water partition coefficient (Wildman–Crippen LogP) is 3.33. The van der Waals surface area contributed by atoms with Gasteiger partial charge in [-0.2, -0.15) is 0 Å². The van der Waals surface area contributed by atoms with Crippen molar-refractivity contribution in [3.05, 3.63) is 52.0 Å². The first-order chi connectivity index (χ1) is 8.65. The van der Waals surface area contributed by atoms with Crippen molar-refractivity contribution in [2.75, 3.05) is 18.5 Å². The lowest BCUT2D eigenvalue weighted by Gasteiger charge is -2.29. The molecule has 0 aliphatic carbocycles. The van der Waals surface area contributed by atoms with Crippen LogP contribution in [0.5, 0.6) is 0 Å². The molecule has 2 aromatic rings. The van der Waals surface area contributed by atoms with Gasteiger partial charge in [-0.1, -0.05) is 12.1 Å². The molecule has 18 heavy (non-hydrogen) atoms. The molecule has 2 nitrogen and oxygen atoms in total. The Morgan fingerprint density at radius 2 is 2.06 bits per heavy atom. The van der Waals surface area contributed by atoms with Crippen molar-refractivity contribution < 1.29 is 4.39 Å². The molecule has 0 saturated carbocycles. The normalized spacial score (nSPS) is 12.4. The molecule has 4 heteroatoms. The third-order valence-electron chi connectivity index (χ3n) is 3.13. The SMILES string of the molecule is Cc1ccsc1C(CN)N(C)c1ccccc1F. The molecule has 1 aromatic heterocycles. The van der Waals surface area contributed by atoms with E-state index in [4.69, 9.17) is 5.73 Å². The number of thiophene rings is 1. The molecule has 0 fully saturated rings. The number of benzene rings is 1. The standard InChI is InChI=1S/C14H17FN2S/c1-10-7-8-18-14(10)13(9-16)17(2)12-6-4-3-5-11(12)15/h3-8,13H,9,16H2,1-2H3. The molecule has 1 heterocycles. The van der Waals surface area contributed by atoms with E-state index < -0.39 is 0 Å². The highest BCUT2D eigenvalue weighted by Crippen LogP contribution is 2.31. The zero-order valence-electron chi connectivity index (χ0n) is 10.6. The van der Waals surface area contributed by atoms with Crippen molar-refractivity contribution >= 4 is 17.0 Å². The summed E-state index contributed by atoms with van der Waals surface area (Å²) < 4.78 is 13.8. The number of likely N-dealkylation sites (N-methyl/N-ethyl adjacent to an activating group) is 1. The lowest BCUT2D eigenvalue weighted by Crippen LogP contribution is -2.30. The minimum absolute atomic E-state index is 0.0156. The van der Waals surface area contributed by atoms with Gasteiger partial charge in [-0.05, 0) is 36.1 Å². The first-order valence-electron chi connectivity index (χ1n) is 5.86. The number of hydrogen-bond acceptors (Lipinski definition) is 3. The number of rotatable bonds is 4. The summed E-state index contributed by atoms with van der Waals surface area (Å²) in [5, 5.41) is 2.04. The van der Waals surface area contributed by atoms with E-state index in [1.54, 1.807) is 23.5 Å². The number of hydrogen-bond donors (Lipinski definition) is 1. The Morgan fingerprint density at radius 1 is 1.33 bits per heavy atom. The average Bonchev–Trinajstić information content (AvgIpc) is 2.77. The molecule has 0 spiro atoms. The first kappa shape index (κ1) is 13.1. The molecule has 2 N–H and O–H groups in total. The Kier molecular flexibility index (Phi) is 3.99. The Bertz CT molecular complexity index is 524. The van der Waals surface area contributed by atoms with E-state index >= 15 is 0 Å². The van der Waals surface area contributed by atoms with Crippen molar-refractivity contribution in [1.29, 1.82) is 0 Å². The Balaban J connectivity index is 2.35. The van der Waals surface area contributed by atoms with Crippen LogP contribution >= 0.6 is 11.3 Å². The number of anilines is 1. The van der Waals surface area contributed by atoms with Gasteiger partial charge in [-0.25, -0.2) is 4.39 Å². The molecule has 1 aromatic carbocycles. The van der Waals surface area contributed by atoms with Crippen LogP contribution in [0.2, 0.25) is 0 Å². The smallest absolute Gasteiger partial charge is 0.146 e. The molecule has 0 aliphatic rings. The number of para-hydroxylation sites is 1. The van der Waals surface area contributed by atoms with E-state index in [1.165, 1.54) is 16.5 Å². The largest absolute Gasteiger partial charge is 0.363 e. The van der Waals surface area contributed by atoms with Gasteiger partial charge in [0, 0.05) is 18.5 Å². The molecule has 0 radical (unpaired) electrons. The van der Waals surface area contributed by atoms with Crippen LogP contribution in [0, 0.1) is 12.7 Å². The fourth-order valence-corrected chi connectivity index (χ4v) is 3.16. The van der Waals surface area contributed by atoms with Crippen molar-refractivity contribution in [1.82, 2.24) is 0 Å². The average molecular weight is 264 g/mol. The summed E-state index contributed by atoms with van der Waals surface area (Å²) in [4.78, 5) is 3.11. The Hall–Kier alpha value is -1.39. The fraction of sp³-hybridized carbons (Fsp3) is 0.286. The van der Waals surface area contributed by atoms with Gasteiger partial charge in [0.05, 0.1) is 11.7 Å². The van der Waals surface area contributed by atoms with Gasteiger partial charge in [0.15, 0.2) is 0 Å². The Labute approximate surface area is 111 Å². The molecule has 96 valence electrons. The van der Waals surface area contributed by atoms with Gasteiger partial charge in [0.1, 0.15) is 5.82 Å². The molecular weight excluding hydrogens is 247 g/mol. The van der Waals surface area contributed by atoms with Gasteiger partial charge in [0.25, 0.3) is 0 Å². The maximum atomic E-state index is 13.8. The highest BCUT2D eigenvalue weighted by atomic mass is 32.1. The number of nitrogens with two attached hydrogens (primary N) is 1. The van der Waals surface area contributed by atoms with E-state index in [9.17, 15) is 4.39 Å². The van der Waals surface area contributed by atoms with Crippen molar-refractivity contribution in [3.8, 4) is 0 Å². The summed E-state index contributed by atoms with van der Waals surface area (Å²) in [7, 11) is 1.88. The fourth-order valence-electron chi connectivity index (χ4n) is 2.07. The highest BCUT2D eigenvalue weighted by molar-refractivity contribution is 7.10. The molecule has 0 aliphatic heterocycles. The Morgan fingerprint density at radius 3 is 2.61 bits per heavy atom. The third-order valence-corrected chi connectivity index (χ3v) is 4.25. The van der Waals surface area contributed by atoms with Crippen molar-refractivity contribution in [2.24, 2.45) is 5.73 Å². The van der Waals surface area contributed by atoms with Crippen LogP contribution in [0.3, 0.4) is 0 Å². The van der Waals surface area contributed by atoms with Crippen LogP contribution in [0.4, 0.5) is 10.1 Å². The van der Waals surface area contributed by atoms with Gasteiger partial charge >= 0.3 is 0 Å². The molecule has 1 unspecified atom stereocenters. The quantitative estimate of drug-likeness (QED) is 0.917. The minimum atomic E-state index is -0.215.